The number of anilines is 1. The van der Waals surface area contributed by atoms with Crippen molar-refractivity contribution in [1.29, 1.82) is 0 Å². The number of hydrogen-bond donors (Lipinski definition) is 2. The van der Waals surface area contributed by atoms with Gasteiger partial charge in [0.25, 0.3) is 0 Å². The molecule has 0 aromatic heterocycles. The molecular weight excluding hydrogens is 372 g/mol. The SMILES string of the molecule is CC[C@@]12CC(C(=O)OC)=C3Nc4cc(OC)c(O)cc4[C@@]34CCN(C[C@@H]3O[C@@H]31)[C@@H]24. The summed E-state index contributed by atoms with van der Waals surface area (Å²) < 4.78 is 16.7. The van der Waals surface area contributed by atoms with Crippen LogP contribution < -0.4 is 10.1 Å². The molecule has 3 fully saturated rings. The van der Waals surface area contributed by atoms with Crippen molar-refractivity contribution in [2.75, 3.05) is 32.6 Å². The van der Waals surface area contributed by atoms with E-state index in [2.05, 4.69) is 17.1 Å². The highest BCUT2D eigenvalue weighted by Crippen LogP contribution is 2.68. The quantitative estimate of drug-likeness (QED) is 0.459. The van der Waals surface area contributed by atoms with Gasteiger partial charge >= 0.3 is 5.97 Å². The van der Waals surface area contributed by atoms with Crippen LogP contribution in [0.15, 0.2) is 23.4 Å². The third-order valence-corrected chi connectivity index (χ3v) is 8.14. The number of esters is 1. The molecule has 6 rings (SSSR count). The van der Waals surface area contributed by atoms with Crippen molar-refractivity contribution < 1.29 is 24.1 Å². The van der Waals surface area contributed by atoms with Crippen LogP contribution in [0.25, 0.3) is 0 Å². The van der Waals surface area contributed by atoms with Gasteiger partial charge in [-0.1, -0.05) is 6.92 Å². The second-order valence-electron chi connectivity index (χ2n) is 9.02. The molecule has 154 valence electrons. The minimum absolute atomic E-state index is 0.130. The predicted octanol–water partition coefficient (Wildman–Crippen LogP) is 2.15. The highest BCUT2D eigenvalue weighted by molar-refractivity contribution is 5.93. The summed E-state index contributed by atoms with van der Waals surface area (Å²) in [4.78, 5) is 15.5. The van der Waals surface area contributed by atoms with Gasteiger partial charge < -0.3 is 24.6 Å². The zero-order valence-electron chi connectivity index (χ0n) is 16.9. The molecule has 0 amide bonds. The van der Waals surface area contributed by atoms with Crippen molar-refractivity contribution in [2.24, 2.45) is 5.41 Å². The Morgan fingerprint density at radius 3 is 2.97 bits per heavy atom. The lowest BCUT2D eigenvalue weighted by atomic mass is 9.53. The average Bonchev–Trinajstić information content (AvgIpc) is 3.33. The van der Waals surface area contributed by atoms with E-state index in [4.69, 9.17) is 14.2 Å². The smallest absolute Gasteiger partial charge is 0.335 e. The summed E-state index contributed by atoms with van der Waals surface area (Å²) in [5, 5.41) is 14.1. The summed E-state index contributed by atoms with van der Waals surface area (Å²) in [5.74, 6) is 0.284. The molecule has 5 atom stereocenters. The maximum Gasteiger partial charge on any atom is 0.335 e. The van der Waals surface area contributed by atoms with Gasteiger partial charge in [-0.05, 0) is 37.4 Å². The summed E-state index contributed by atoms with van der Waals surface area (Å²) in [7, 11) is 2.99. The van der Waals surface area contributed by atoms with Crippen molar-refractivity contribution in [3.05, 3.63) is 29.0 Å². The number of phenolic OH excluding ortho intramolecular Hbond substituents is 1. The van der Waals surface area contributed by atoms with E-state index in [0.29, 0.717) is 12.2 Å². The zero-order valence-corrected chi connectivity index (χ0v) is 16.9. The van der Waals surface area contributed by atoms with Crippen LogP contribution in [0, 0.1) is 5.41 Å². The van der Waals surface area contributed by atoms with E-state index in [-0.39, 0.29) is 40.8 Å². The third-order valence-electron chi connectivity index (χ3n) is 8.14. The monoisotopic (exact) mass is 398 g/mol. The molecule has 29 heavy (non-hydrogen) atoms. The van der Waals surface area contributed by atoms with E-state index in [1.807, 2.05) is 12.1 Å². The first-order valence-electron chi connectivity index (χ1n) is 10.4. The van der Waals surface area contributed by atoms with Crippen molar-refractivity contribution >= 4 is 11.7 Å². The van der Waals surface area contributed by atoms with E-state index in [0.717, 1.165) is 48.5 Å². The van der Waals surface area contributed by atoms with E-state index in [1.165, 1.54) is 7.11 Å². The molecule has 1 aromatic rings. The molecular formula is C22H26N2O5. The number of phenols is 1. The van der Waals surface area contributed by atoms with Crippen LogP contribution in [0.4, 0.5) is 5.69 Å². The number of carbonyl (C=O) groups excluding carboxylic acids is 1. The van der Waals surface area contributed by atoms with Crippen LogP contribution in [0.5, 0.6) is 11.5 Å². The van der Waals surface area contributed by atoms with E-state index in [1.54, 1.807) is 7.11 Å². The molecule has 7 nitrogen and oxygen atoms in total. The molecule has 1 aliphatic carbocycles. The Kier molecular flexibility index (Phi) is 3.31. The fraction of sp³-hybridized carbons (Fsp3) is 0.591. The van der Waals surface area contributed by atoms with Crippen LogP contribution in [0.3, 0.4) is 0 Å². The number of rotatable bonds is 3. The number of nitrogens with zero attached hydrogens (tertiary/aromatic N) is 1. The average molecular weight is 398 g/mol. The fourth-order valence-electron chi connectivity index (χ4n) is 7.03. The molecule has 3 saturated heterocycles. The summed E-state index contributed by atoms with van der Waals surface area (Å²) in [6.45, 7) is 4.10. The Hall–Kier alpha value is -2.25. The number of ether oxygens (including phenoxy) is 3. The summed E-state index contributed by atoms with van der Waals surface area (Å²) in [5.41, 5.74) is 3.12. The maximum absolute atomic E-state index is 12.9. The van der Waals surface area contributed by atoms with Gasteiger partial charge in [0.15, 0.2) is 11.5 Å². The molecule has 0 unspecified atom stereocenters. The number of aromatic hydroxyl groups is 1. The van der Waals surface area contributed by atoms with Gasteiger partial charge in [0.1, 0.15) is 0 Å². The molecule has 7 heteroatoms. The first kappa shape index (κ1) is 17.6. The molecule has 5 aliphatic rings. The normalized spacial score (nSPS) is 38.5. The number of benzene rings is 1. The van der Waals surface area contributed by atoms with Crippen molar-refractivity contribution in [2.45, 2.75) is 49.9 Å². The van der Waals surface area contributed by atoms with E-state index >= 15 is 0 Å². The molecule has 0 saturated carbocycles. The Morgan fingerprint density at radius 1 is 1.41 bits per heavy atom. The Morgan fingerprint density at radius 2 is 2.24 bits per heavy atom. The number of carbonyl (C=O) groups is 1. The van der Waals surface area contributed by atoms with Gasteiger partial charge in [0.05, 0.1) is 37.4 Å². The first-order valence-corrected chi connectivity index (χ1v) is 10.4. The summed E-state index contributed by atoms with van der Waals surface area (Å²) in [6.07, 6.45) is 2.93. The predicted molar refractivity (Wildman–Crippen MR) is 105 cm³/mol. The molecule has 0 bridgehead atoms. The standard InChI is InChI=1S/C22H26N2O5/c1-4-21-9-11(19(26)28-3)17-22(5-6-24(20(21)22)10-16-18(21)29-16)12-7-14(25)15(27-2)8-13(12)23-17/h7-8,16,18,20,23,25H,4-6,9-10H2,1-3H3/t16-,18-,20-,21+,22-/m0/s1. The molecule has 0 radical (unpaired) electrons. The number of epoxide rings is 1. The minimum Gasteiger partial charge on any atom is -0.504 e. The largest absolute Gasteiger partial charge is 0.504 e. The lowest BCUT2D eigenvalue weighted by Gasteiger charge is -2.54. The Balaban J connectivity index is 1.65. The zero-order chi connectivity index (χ0) is 20.1. The van der Waals surface area contributed by atoms with Crippen molar-refractivity contribution in [3.63, 3.8) is 0 Å². The third kappa shape index (κ3) is 1.89. The van der Waals surface area contributed by atoms with Gasteiger partial charge in [-0.15, -0.1) is 0 Å². The molecule has 4 heterocycles. The van der Waals surface area contributed by atoms with Gasteiger partial charge in [-0.2, -0.15) is 0 Å². The number of hydrogen-bond acceptors (Lipinski definition) is 7. The van der Waals surface area contributed by atoms with Gasteiger partial charge in [0.2, 0.25) is 0 Å². The molecule has 4 aliphatic heterocycles. The van der Waals surface area contributed by atoms with E-state index in [9.17, 15) is 9.90 Å². The van der Waals surface area contributed by atoms with Crippen LogP contribution in [0.1, 0.15) is 31.7 Å². The van der Waals surface area contributed by atoms with Gasteiger partial charge in [-0.25, -0.2) is 4.79 Å². The number of nitrogens with one attached hydrogen (secondary N) is 1. The number of methoxy groups -OCH3 is 2. The van der Waals surface area contributed by atoms with Crippen LogP contribution >= 0.6 is 0 Å². The molecule has 2 N–H and O–H groups in total. The molecule has 1 aromatic carbocycles. The van der Waals surface area contributed by atoms with E-state index < -0.39 is 0 Å². The van der Waals surface area contributed by atoms with Crippen molar-refractivity contribution in [3.8, 4) is 11.5 Å². The topological polar surface area (TPSA) is 83.6 Å². The highest BCUT2D eigenvalue weighted by atomic mass is 16.6. The highest BCUT2D eigenvalue weighted by Gasteiger charge is 2.73. The Labute approximate surface area is 169 Å². The van der Waals surface area contributed by atoms with Gasteiger partial charge in [-0.3, -0.25) is 4.90 Å². The summed E-state index contributed by atoms with van der Waals surface area (Å²) in [6, 6.07) is 3.90. The molecule has 1 spiro atoms. The fourth-order valence-corrected chi connectivity index (χ4v) is 7.03. The number of piperidine rings is 1. The van der Waals surface area contributed by atoms with Crippen LogP contribution in [-0.4, -0.2) is 61.5 Å². The maximum atomic E-state index is 12.9. The van der Waals surface area contributed by atoms with Crippen LogP contribution in [-0.2, 0) is 19.7 Å². The summed E-state index contributed by atoms with van der Waals surface area (Å²) >= 11 is 0. The number of fused-ring (bicyclic) bond motifs is 3. The lowest BCUT2D eigenvalue weighted by Crippen LogP contribution is -2.63. The second-order valence-corrected chi connectivity index (χ2v) is 9.02. The lowest BCUT2D eigenvalue weighted by molar-refractivity contribution is -0.137. The Bertz CT molecular complexity index is 974. The van der Waals surface area contributed by atoms with Crippen molar-refractivity contribution in [1.82, 2.24) is 4.90 Å². The minimum atomic E-state index is -0.367. The van der Waals surface area contributed by atoms with Crippen LogP contribution in [0.2, 0.25) is 0 Å². The first-order chi connectivity index (χ1) is 14.0. The second kappa shape index (κ2) is 5.46. The van der Waals surface area contributed by atoms with Gasteiger partial charge in [0, 0.05) is 35.5 Å².